The second kappa shape index (κ2) is 6.56. The van der Waals surface area contributed by atoms with E-state index in [0.29, 0.717) is 13.0 Å². The Morgan fingerprint density at radius 3 is 3.00 bits per heavy atom. The van der Waals surface area contributed by atoms with E-state index in [-0.39, 0.29) is 24.4 Å². The molecule has 0 aromatic rings. The van der Waals surface area contributed by atoms with Crippen molar-refractivity contribution >= 4 is 12.3 Å². The summed E-state index contributed by atoms with van der Waals surface area (Å²) in [7, 11) is 0. The zero-order valence-electron chi connectivity index (χ0n) is 9.11. The van der Waals surface area contributed by atoms with Crippen molar-refractivity contribution in [2.45, 2.75) is 38.7 Å². The lowest BCUT2D eigenvalue weighted by Gasteiger charge is -2.16. The molecule has 4 nitrogen and oxygen atoms in total. The number of esters is 1. The number of carbonyl (C=O) groups is 2. The fraction of sp³-hybridized carbons (Fsp3) is 0.818. The van der Waals surface area contributed by atoms with Crippen molar-refractivity contribution in [1.82, 2.24) is 0 Å². The van der Waals surface area contributed by atoms with Crippen LogP contribution >= 0.6 is 0 Å². The van der Waals surface area contributed by atoms with Crippen molar-refractivity contribution in [3.05, 3.63) is 0 Å². The summed E-state index contributed by atoms with van der Waals surface area (Å²) in [6, 6.07) is 0. The summed E-state index contributed by atoms with van der Waals surface area (Å²) in [6.07, 6.45) is 3.77. The van der Waals surface area contributed by atoms with Crippen molar-refractivity contribution in [3.63, 3.8) is 0 Å². The monoisotopic (exact) mass is 214 g/mol. The normalized spacial score (nSPS) is 22.3. The molecule has 15 heavy (non-hydrogen) atoms. The third-order valence-electron chi connectivity index (χ3n) is 2.57. The first-order valence-electron chi connectivity index (χ1n) is 5.49. The Balaban J connectivity index is 2.40. The van der Waals surface area contributed by atoms with Crippen molar-refractivity contribution < 1.29 is 19.1 Å². The fourth-order valence-electron chi connectivity index (χ4n) is 1.81. The molecule has 1 aliphatic rings. The van der Waals surface area contributed by atoms with Crippen LogP contribution in [0.2, 0.25) is 0 Å². The Labute approximate surface area is 89.9 Å². The second-order valence-electron chi connectivity index (χ2n) is 3.72. The van der Waals surface area contributed by atoms with E-state index in [1.54, 1.807) is 6.92 Å². The molecule has 0 aromatic carbocycles. The van der Waals surface area contributed by atoms with Crippen LogP contribution in [0.15, 0.2) is 0 Å². The molecule has 1 fully saturated rings. The maximum absolute atomic E-state index is 11.5. The minimum Gasteiger partial charge on any atom is -0.466 e. The Hall–Kier alpha value is -0.900. The van der Waals surface area contributed by atoms with Gasteiger partial charge >= 0.3 is 5.97 Å². The quantitative estimate of drug-likeness (QED) is 0.494. The van der Waals surface area contributed by atoms with Crippen molar-refractivity contribution in [2.75, 3.05) is 13.2 Å². The first-order chi connectivity index (χ1) is 7.27. The van der Waals surface area contributed by atoms with Crippen LogP contribution < -0.4 is 0 Å². The van der Waals surface area contributed by atoms with Crippen LogP contribution in [0.4, 0.5) is 0 Å². The van der Waals surface area contributed by atoms with E-state index in [9.17, 15) is 9.59 Å². The maximum Gasteiger partial charge on any atom is 0.309 e. The van der Waals surface area contributed by atoms with E-state index in [4.69, 9.17) is 9.47 Å². The molecule has 0 amide bonds. The van der Waals surface area contributed by atoms with Crippen molar-refractivity contribution in [1.29, 1.82) is 0 Å². The smallest absolute Gasteiger partial charge is 0.309 e. The Bertz CT molecular complexity index is 209. The first kappa shape index (κ1) is 12.2. The lowest BCUT2D eigenvalue weighted by atomic mass is 9.97. The molecular weight excluding hydrogens is 196 g/mol. The molecule has 0 bridgehead atoms. The molecule has 0 spiro atoms. The molecule has 0 radical (unpaired) electrons. The number of ether oxygens (including phenoxy) is 2. The largest absolute Gasteiger partial charge is 0.466 e. The first-order valence-corrected chi connectivity index (χ1v) is 5.49. The van der Waals surface area contributed by atoms with Gasteiger partial charge in [0.15, 0.2) is 0 Å². The Morgan fingerprint density at radius 2 is 2.47 bits per heavy atom. The zero-order valence-corrected chi connectivity index (χ0v) is 9.11. The zero-order chi connectivity index (χ0) is 11.1. The van der Waals surface area contributed by atoms with Gasteiger partial charge in [-0.1, -0.05) is 0 Å². The maximum atomic E-state index is 11.5. The molecule has 0 aliphatic carbocycles. The topological polar surface area (TPSA) is 52.6 Å². The second-order valence-corrected chi connectivity index (χ2v) is 3.72. The molecule has 86 valence electrons. The highest BCUT2D eigenvalue weighted by Crippen LogP contribution is 2.22. The molecule has 1 heterocycles. The van der Waals surface area contributed by atoms with Gasteiger partial charge in [-0.15, -0.1) is 0 Å². The summed E-state index contributed by atoms with van der Waals surface area (Å²) in [5.74, 6) is -0.606. The molecule has 0 saturated carbocycles. The van der Waals surface area contributed by atoms with Gasteiger partial charge in [0.1, 0.15) is 6.29 Å². The van der Waals surface area contributed by atoms with Crippen LogP contribution in [-0.2, 0) is 19.1 Å². The van der Waals surface area contributed by atoms with Gasteiger partial charge in [0.2, 0.25) is 0 Å². The van der Waals surface area contributed by atoms with Crippen molar-refractivity contribution in [2.24, 2.45) is 5.92 Å². The van der Waals surface area contributed by atoms with Gasteiger partial charge < -0.3 is 14.3 Å². The van der Waals surface area contributed by atoms with Crippen LogP contribution in [0.5, 0.6) is 0 Å². The van der Waals surface area contributed by atoms with Gasteiger partial charge in [0, 0.05) is 13.0 Å². The standard InChI is InChI=1S/C11H18O4/c1-2-14-11(13)9(5-6-12)8-10-4-3-7-15-10/h6,9-10H,2-5,7-8H2,1H3/t9-,10-/m0/s1. The molecule has 0 unspecified atom stereocenters. The average Bonchev–Trinajstić information content (AvgIpc) is 2.70. The minimum atomic E-state index is -0.328. The third kappa shape index (κ3) is 4.00. The molecule has 1 rings (SSSR count). The lowest BCUT2D eigenvalue weighted by molar-refractivity contribution is -0.150. The van der Waals surface area contributed by atoms with Crippen LogP contribution in [0.1, 0.15) is 32.6 Å². The number of hydrogen-bond acceptors (Lipinski definition) is 4. The average molecular weight is 214 g/mol. The van der Waals surface area contributed by atoms with Crippen LogP contribution in [0.25, 0.3) is 0 Å². The highest BCUT2D eigenvalue weighted by molar-refractivity contribution is 5.75. The van der Waals surface area contributed by atoms with Gasteiger partial charge in [0.25, 0.3) is 0 Å². The number of carbonyl (C=O) groups excluding carboxylic acids is 2. The lowest BCUT2D eigenvalue weighted by Crippen LogP contribution is -2.23. The highest BCUT2D eigenvalue weighted by atomic mass is 16.5. The molecule has 4 heteroatoms. The summed E-state index contributed by atoms with van der Waals surface area (Å²) in [5, 5.41) is 0. The van der Waals surface area contributed by atoms with Crippen LogP contribution in [0.3, 0.4) is 0 Å². The molecule has 0 aromatic heterocycles. The van der Waals surface area contributed by atoms with E-state index >= 15 is 0 Å². The predicted molar refractivity (Wildman–Crippen MR) is 54.4 cm³/mol. The number of aldehydes is 1. The molecule has 1 saturated heterocycles. The summed E-state index contributed by atoms with van der Waals surface area (Å²) in [5.41, 5.74) is 0. The van der Waals surface area contributed by atoms with Gasteiger partial charge in [-0.05, 0) is 26.2 Å². The summed E-state index contributed by atoms with van der Waals surface area (Å²) in [4.78, 5) is 21.9. The number of rotatable bonds is 6. The van der Waals surface area contributed by atoms with Crippen LogP contribution in [0, 0.1) is 5.92 Å². The molecule has 2 atom stereocenters. The predicted octanol–water partition coefficient (Wildman–Crippen LogP) is 1.32. The van der Waals surface area contributed by atoms with E-state index in [1.165, 1.54) is 0 Å². The van der Waals surface area contributed by atoms with Gasteiger partial charge in [-0.2, -0.15) is 0 Å². The SMILES string of the molecule is CCOC(=O)[C@@H](CC=O)C[C@@H]1CCCO1. The summed E-state index contributed by atoms with van der Waals surface area (Å²) >= 11 is 0. The summed E-state index contributed by atoms with van der Waals surface area (Å²) < 4.78 is 10.3. The fourth-order valence-corrected chi connectivity index (χ4v) is 1.81. The molecule has 0 N–H and O–H groups in total. The Kier molecular flexibility index (Phi) is 5.32. The molecule has 1 aliphatic heterocycles. The van der Waals surface area contributed by atoms with Gasteiger partial charge in [-0.25, -0.2) is 0 Å². The van der Waals surface area contributed by atoms with E-state index < -0.39 is 0 Å². The van der Waals surface area contributed by atoms with Gasteiger partial charge in [-0.3, -0.25) is 4.79 Å². The van der Waals surface area contributed by atoms with E-state index in [1.807, 2.05) is 0 Å². The van der Waals surface area contributed by atoms with E-state index in [0.717, 1.165) is 25.7 Å². The van der Waals surface area contributed by atoms with Crippen molar-refractivity contribution in [3.8, 4) is 0 Å². The summed E-state index contributed by atoms with van der Waals surface area (Å²) in [6.45, 7) is 2.89. The van der Waals surface area contributed by atoms with E-state index in [2.05, 4.69) is 0 Å². The minimum absolute atomic E-state index is 0.124. The highest BCUT2D eigenvalue weighted by Gasteiger charge is 2.26. The molecular formula is C11H18O4. The third-order valence-corrected chi connectivity index (χ3v) is 2.57. The van der Waals surface area contributed by atoms with Gasteiger partial charge in [0.05, 0.1) is 18.6 Å². The Morgan fingerprint density at radius 1 is 1.67 bits per heavy atom. The number of hydrogen-bond donors (Lipinski definition) is 0. The van der Waals surface area contributed by atoms with Crippen LogP contribution in [-0.4, -0.2) is 31.6 Å².